The van der Waals surface area contributed by atoms with Crippen molar-refractivity contribution in [3.05, 3.63) is 83.2 Å². The summed E-state index contributed by atoms with van der Waals surface area (Å²) in [7, 11) is 0. The summed E-state index contributed by atoms with van der Waals surface area (Å²) < 4.78 is 33.1. The Morgan fingerprint density at radius 2 is 1.88 bits per heavy atom. The predicted molar refractivity (Wildman–Crippen MR) is 93.0 cm³/mol. The predicted octanol–water partition coefficient (Wildman–Crippen LogP) is 4.73. The van der Waals surface area contributed by atoms with Crippen LogP contribution in [0.15, 0.2) is 54.9 Å². The average molecular weight is 351 g/mol. The molecule has 0 aliphatic carbocycles. The molecule has 3 nitrogen and oxygen atoms in total. The van der Waals surface area contributed by atoms with E-state index in [-0.39, 0.29) is 24.2 Å². The molecular weight excluding hydrogens is 336 g/mol. The van der Waals surface area contributed by atoms with E-state index in [1.807, 2.05) is 12.1 Å². The van der Waals surface area contributed by atoms with Gasteiger partial charge in [-0.15, -0.1) is 0 Å². The maximum atomic E-state index is 13.7. The van der Waals surface area contributed by atoms with Crippen molar-refractivity contribution >= 4 is 5.78 Å². The van der Waals surface area contributed by atoms with Crippen LogP contribution in [0.5, 0.6) is 5.75 Å². The minimum absolute atomic E-state index is 0.0176. The van der Waals surface area contributed by atoms with Gasteiger partial charge in [-0.25, -0.2) is 8.78 Å². The van der Waals surface area contributed by atoms with Crippen LogP contribution < -0.4 is 4.74 Å². The summed E-state index contributed by atoms with van der Waals surface area (Å²) in [6.45, 7) is 0.397. The second-order valence-electron chi connectivity index (χ2n) is 6.16. The largest absolute Gasteiger partial charge is 0.488 e. The maximum Gasteiger partial charge on any atom is 0.163 e. The summed E-state index contributed by atoms with van der Waals surface area (Å²) in [5.74, 6) is -0.806. The number of hydrogen-bond donors (Lipinski definition) is 0. The molecule has 26 heavy (non-hydrogen) atoms. The van der Waals surface area contributed by atoms with Crippen LogP contribution in [0.3, 0.4) is 0 Å². The SMILES string of the molecule is O=C(CCc1c(F)cccc1F)c1ccc2c(c1)OCc1cnccc1-2. The number of benzene rings is 2. The van der Waals surface area contributed by atoms with Crippen molar-refractivity contribution in [2.75, 3.05) is 0 Å². The molecule has 0 spiro atoms. The van der Waals surface area contributed by atoms with Gasteiger partial charge in [0, 0.05) is 41.1 Å². The number of carbonyl (C=O) groups is 1. The van der Waals surface area contributed by atoms with Crippen LogP contribution in [-0.2, 0) is 13.0 Å². The first kappa shape index (κ1) is 16.4. The van der Waals surface area contributed by atoms with Gasteiger partial charge in [0.15, 0.2) is 5.78 Å². The lowest BCUT2D eigenvalue weighted by Gasteiger charge is -2.20. The number of aromatic nitrogens is 1. The van der Waals surface area contributed by atoms with Crippen molar-refractivity contribution in [3.8, 4) is 16.9 Å². The molecule has 0 amide bonds. The Kier molecular flexibility index (Phi) is 4.21. The number of carbonyl (C=O) groups excluding carboxylic acids is 1. The van der Waals surface area contributed by atoms with Gasteiger partial charge in [0.2, 0.25) is 0 Å². The Balaban J connectivity index is 1.55. The number of fused-ring (bicyclic) bond motifs is 3. The summed E-state index contributed by atoms with van der Waals surface area (Å²) in [6.07, 6.45) is 3.52. The van der Waals surface area contributed by atoms with Crippen molar-refractivity contribution in [1.29, 1.82) is 0 Å². The fourth-order valence-electron chi connectivity index (χ4n) is 3.15. The molecule has 0 radical (unpaired) electrons. The Hall–Kier alpha value is -3.08. The molecule has 1 aliphatic heterocycles. The Labute approximate surface area is 149 Å². The minimum Gasteiger partial charge on any atom is -0.488 e. The van der Waals surface area contributed by atoms with E-state index in [1.54, 1.807) is 24.5 Å². The van der Waals surface area contributed by atoms with Crippen LogP contribution in [-0.4, -0.2) is 10.8 Å². The van der Waals surface area contributed by atoms with Gasteiger partial charge in [-0.3, -0.25) is 9.78 Å². The molecule has 130 valence electrons. The lowest BCUT2D eigenvalue weighted by atomic mass is 9.95. The molecule has 0 fully saturated rings. The zero-order valence-electron chi connectivity index (χ0n) is 13.8. The molecule has 3 aromatic rings. The van der Waals surface area contributed by atoms with Gasteiger partial charge in [-0.1, -0.05) is 12.1 Å². The van der Waals surface area contributed by atoms with E-state index in [9.17, 15) is 13.6 Å². The lowest BCUT2D eigenvalue weighted by molar-refractivity contribution is 0.0982. The number of Topliss-reactive ketones (excluding diaryl/α,β-unsaturated/α-hetero) is 1. The number of rotatable bonds is 4. The topological polar surface area (TPSA) is 39.2 Å². The highest BCUT2D eigenvalue weighted by atomic mass is 19.1. The van der Waals surface area contributed by atoms with Crippen LogP contribution in [0.1, 0.15) is 27.9 Å². The average Bonchev–Trinajstić information content (AvgIpc) is 2.67. The third kappa shape index (κ3) is 2.96. The lowest BCUT2D eigenvalue weighted by Crippen LogP contribution is -2.08. The first-order valence-electron chi connectivity index (χ1n) is 8.29. The third-order valence-electron chi connectivity index (χ3n) is 4.54. The maximum absolute atomic E-state index is 13.7. The molecule has 1 aromatic heterocycles. The molecule has 4 rings (SSSR count). The van der Waals surface area contributed by atoms with Crippen LogP contribution >= 0.6 is 0 Å². The molecule has 0 saturated heterocycles. The Bertz CT molecular complexity index is 981. The highest BCUT2D eigenvalue weighted by Gasteiger charge is 2.19. The molecule has 0 unspecified atom stereocenters. The number of ether oxygens (including phenoxy) is 1. The van der Waals surface area contributed by atoms with Crippen LogP contribution in [0, 0.1) is 11.6 Å². The third-order valence-corrected chi connectivity index (χ3v) is 4.54. The summed E-state index contributed by atoms with van der Waals surface area (Å²) >= 11 is 0. The normalized spacial score (nSPS) is 12.1. The molecule has 2 heterocycles. The molecule has 2 aromatic carbocycles. The quantitative estimate of drug-likeness (QED) is 0.638. The van der Waals surface area contributed by atoms with Gasteiger partial charge in [-0.05, 0) is 42.3 Å². The molecule has 0 saturated carbocycles. The van der Waals surface area contributed by atoms with Crippen LogP contribution in [0.25, 0.3) is 11.1 Å². The fraction of sp³-hybridized carbons (Fsp3) is 0.143. The van der Waals surface area contributed by atoms with Gasteiger partial charge < -0.3 is 4.74 Å². The van der Waals surface area contributed by atoms with E-state index in [0.29, 0.717) is 17.9 Å². The molecule has 0 bridgehead atoms. The zero-order chi connectivity index (χ0) is 18.1. The van der Waals surface area contributed by atoms with Gasteiger partial charge in [0.25, 0.3) is 0 Å². The molecule has 1 aliphatic rings. The summed E-state index contributed by atoms with van der Waals surface area (Å²) in [6, 6.07) is 10.9. The number of ketones is 1. The Morgan fingerprint density at radius 1 is 1.08 bits per heavy atom. The molecule has 5 heteroatoms. The van der Waals surface area contributed by atoms with Crippen LogP contribution in [0.2, 0.25) is 0 Å². The van der Waals surface area contributed by atoms with E-state index < -0.39 is 11.6 Å². The zero-order valence-corrected chi connectivity index (χ0v) is 13.8. The number of pyridine rings is 1. The van der Waals surface area contributed by atoms with Crippen molar-refractivity contribution < 1.29 is 18.3 Å². The van der Waals surface area contributed by atoms with Crippen molar-refractivity contribution in [2.45, 2.75) is 19.4 Å². The second kappa shape index (κ2) is 6.67. The number of nitrogens with zero attached hydrogens (tertiary/aromatic N) is 1. The second-order valence-corrected chi connectivity index (χ2v) is 6.16. The Morgan fingerprint density at radius 3 is 2.69 bits per heavy atom. The van der Waals surface area contributed by atoms with Crippen molar-refractivity contribution in [2.24, 2.45) is 0 Å². The molecular formula is C21H15F2NO2. The monoisotopic (exact) mass is 351 g/mol. The van der Waals surface area contributed by atoms with E-state index in [4.69, 9.17) is 4.74 Å². The highest BCUT2D eigenvalue weighted by Crippen LogP contribution is 2.37. The van der Waals surface area contributed by atoms with E-state index in [0.717, 1.165) is 16.7 Å². The molecule has 0 N–H and O–H groups in total. The summed E-state index contributed by atoms with van der Waals surface area (Å²) in [5.41, 5.74) is 3.35. The van der Waals surface area contributed by atoms with Crippen molar-refractivity contribution in [1.82, 2.24) is 4.98 Å². The van der Waals surface area contributed by atoms with E-state index in [2.05, 4.69) is 4.98 Å². The van der Waals surface area contributed by atoms with Crippen molar-refractivity contribution in [3.63, 3.8) is 0 Å². The number of hydrogen-bond acceptors (Lipinski definition) is 3. The van der Waals surface area contributed by atoms with Gasteiger partial charge in [0.05, 0.1) is 0 Å². The number of halogens is 2. The molecule has 0 atom stereocenters. The minimum atomic E-state index is -0.628. The first-order valence-corrected chi connectivity index (χ1v) is 8.29. The highest BCUT2D eigenvalue weighted by molar-refractivity contribution is 5.97. The van der Waals surface area contributed by atoms with Crippen LogP contribution in [0.4, 0.5) is 8.78 Å². The van der Waals surface area contributed by atoms with Gasteiger partial charge in [-0.2, -0.15) is 0 Å². The summed E-state index contributed by atoms with van der Waals surface area (Å²) in [5, 5.41) is 0. The summed E-state index contributed by atoms with van der Waals surface area (Å²) in [4.78, 5) is 16.6. The smallest absolute Gasteiger partial charge is 0.163 e. The standard InChI is InChI=1S/C21H15F2NO2/c22-18-2-1-3-19(23)17(18)6-7-20(25)13-4-5-16-15-8-9-24-11-14(15)12-26-21(16)10-13/h1-5,8-11H,6-7,12H2. The first-order chi connectivity index (χ1) is 12.6. The van der Waals surface area contributed by atoms with Gasteiger partial charge >= 0.3 is 0 Å². The van der Waals surface area contributed by atoms with Gasteiger partial charge in [0.1, 0.15) is 24.0 Å². The van der Waals surface area contributed by atoms with E-state index >= 15 is 0 Å². The fourth-order valence-corrected chi connectivity index (χ4v) is 3.15. The van der Waals surface area contributed by atoms with E-state index in [1.165, 1.54) is 18.2 Å².